The number of allylic oxidation sites excluding steroid dienone is 3. The predicted octanol–water partition coefficient (Wildman–Crippen LogP) is 6.91. The second-order valence-corrected chi connectivity index (χ2v) is 12.1. The maximum atomic E-state index is 13.8. The standard InChI is InChI=1S/C36H34F3N9O/c1-23-8-10-32(35(49)44-27-15-26(36(37,38)39)16-30(17-27)46-20-24(2)41-22-46)25(3)31(23)11-9-29-19-40-34-33(7-6-12-48(29)34)43-28-18-42-47(21-28)14-13-45(4)5/h6-8,10,12-22,25,31,43H,1-5H3,(H,44,49)/b14-13+. The number of fused-ring (bicyclic) bond motifs is 1. The predicted molar refractivity (Wildman–Crippen MR) is 183 cm³/mol. The number of carbonyl (C=O) groups excluding carboxylic acids is 1. The number of hydrogen-bond acceptors (Lipinski definition) is 6. The van der Waals surface area contributed by atoms with Crippen molar-refractivity contribution in [3.8, 4) is 17.5 Å². The first-order chi connectivity index (χ1) is 23.4. The molecule has 0 radical (unpaired) electrons. The molecule has 6 rings (SSSR count). The normalized spacial score (nSPS) is 16.2. The number of amides is 1. The van der Waals surface area contributed by atoms with Gasteiger partial charge in [-0.25, -0.2) is 14.6 Å². The Bertz CT molecular complexity index is 2190. The molecule has 2 unspecified atom stereocenters. The first-order valence-electron chi connectivity index (χ1n) is 15.4. The van der Waals surface area contributed by atoms with E-state index in [0.29, 0.717) is 22.6 Å². The number of benzene rings is 1. The van der Waals surface area contributed by atoms with Crippen LogP contribution >= 0.6 is 0 Å². The highest BCUT2D eigenvalue weighted by Crippen LogP contribution is 2.35. The zero-order chi connectivity index (χ0) is 34.9. The lowest BCUT2D eigenvalue weighted by molar-refractivity contribution is -0.137. The van der Waals surface area contributed by atoms with Crippen molar-refractivity contribution in [3.05, 3.63) is 114 Å². The number of alkyl halides is 3. The second-order valence-electron chi connectivity index (χ2n) is 12.1. The fraction of sp³-hybridized carbons (Fsp3) is 0.222. The molecular weight excluding hydrogens is 631 g/mol. The van der Waals surface area contributed by atoms with Crippen LogP contribution in [0.15, 0.2) is 97.1 Å². The van der Waals surface area contributed by atoms with Crippen molar-refractivity contribution < 1.29 is 18.0 Å². The molecule has 0 spiro atoms. The van der Waals surface area contributed by atoms with Crippen molar-refractivity contribution in [1.29, 1.82) is 0 Å². The van der Waals surface area contributed by atoms with Crippen LogP contribution in [-0.2, 0) is 11.0 Å². The molecule has 10 nitrogen and oxygen atoms in total. The van der Waals surface area contributed by atoms with Crippen molar-refractivity contribution in [2.24, 2.45) is 11.8 Å². The van der Waals surface area contributed by atoms with Crippen LogP contribution in [0.5, 0.6) is 0 Å². The Morgan fingerprint density at radius 2 is 1.88 bits per heavy atom. The topological polar surface area (TPSA) is 97.3 Å². The van der Waals surface area contributed by atoms with Gasteiger partial charge in [0.1, 0.15) is 5.69 Å². The summed E-state index contributed by atoms with van der Waals surface area (Å²) in [4.78, 5) is 24.1. The monoisotopic (exact) mass is 665 g/mol. The molecule has 4 aromatic heterocycles. The van der Waals surface area contributed by atoms with E-state index in [4.69, 9.17) is 0 Å². The molecule has 1 amide bonds. The summed E-state index contributed by atoms with van der Waals surface area (Å²) in [7, 11) is 3.86. The van der Waals surface area contributed by atoms with Gasteiger partial charge in [0.15, 0.2) is 5.65 Å². The van der Waals surface area contributed by atoms with Crippen molar-refractivity contribution in [3.63, 3.8) is 0 Å². The van der Waals surface area contributed by atoms with Gasteiger partial charge in [0.2, 0.25) is 0 Å². The molecule has 1 aromatic carbocycles. The van der Waals surface area contributed by atoms with Crippen LogP contribution in [0.1, 0.15) is 30.8 Å². The largest absolute Gasteiger partial charge is 0.416 e. The fourth-order valence-corrected chi connectivity index (χ4v) is 5.53. The minimum Gasteiger partial charge on any atom is -0.382 e. The Hall–Kier alpha value is -6.03. The summed E-state index contributed by atoms with van der Waals surface area (Å²) in [5.41, 5.74) is 4.31. The van der Waals surface area contributed by atoms with Crippen molar-refractivity contribution >= 4 is 34.8 Å². The van der Waals surface area contributed by atoms with Gasteiger partial charge in [0.05, 0.1) is 47.6 Å². The van der Waals surface area contributed by atoms with E-state index in [1.165, 1.54) is 17.0 Å². The lowest BCUT2D eigenvalue weighted by Crippen LogP contribution is -2.26. The van der Waals surface area contributed by atoms with Crippen LogP contribution in [0.25, 0.3) is 17.5 Å². The van der Waals surface area contributed by atoms with E-state index >= 15 is 0 Å². The van der Waals surface area contributed by atoms with E-state index in [9.17, 15) is 18.0 Å². The van der Waals surface area contributed by atoms with Crippen molar-refractivity contribution in [2.75, 3.05) is 24.7 Å². The molecule has 2 N–H and O–H groups in total. The second kappa shape index (κ2) is 13.2. The summed E-state index contributed by atoms with van der Waals surface area (Å²) in [5, 5.41) is 10.4. The van der Waals surface area contributed by atoms with Crippen LogP contribution in [0.3, 0.4) is 0 Å². The quantitative estimate of drug-likeness (QED) is 0.184. The van der Waals surface area contributed by atoms with Crippen LogP contribution in [0.2, 0.25) is 0 Å². The van der Waals surface area contributed by atoms with Gasteiger partial charge in [-0.3, -0.25) is 9.20 Å². The minimum absolute atomic E-state index is 0.0238. The molecule has 1 aliphatic rings. The van der Waals surface area contributed by atoms with E-state index in [1.54, 1.807) is 36.3 Å². The summed E-state index contributed by atoms with van der Waals surface area (Å²) in [5.74, 6) is 5.40. The van der Waals surface area contributed by atoms with Gasteiger partial charge in [0, 0.05) is 67.7 Å². The number of aromatic nitrogens is 6. The molecule has 1 aliphatic carbocycles. The average molecular weight is 666 g/mol. The molecule has 0 bridgehead atoms. The molecule has 5 aromatic rings. The Kier molecular flexibility index (Phi) is 8.88. The Labute approximate surface area is 281 Å². The summed E-state index contributed by atoms with van der Waals surface area (Å²) < 4.78 is 46.5. The zero-order valence-corrected chi connectivity index (χ0v) is 27.5. The number of nitrogens with one attached hydrogen (secondary N) is 2. The third-order valence-corrected chi connectivity index (χ3v) is 8.07. The van der Waals surface area contributed by atoms with Crippen LogP contribution < -0.4 is 10.6 Å². The smallest absolute Gasteiger partial charge is 0.382 e. The van der Waals surface area contributed by atoms with Crippen molar-refractivity contribution in [1.82, 2.24) is 33.6 Å². The van der Waals surface area contributed by atoms with Crippen molar-refractivity contribution in [2.45, 2.75) is 26.9 Å². The Morgan fingerprint density at radius 1 is 1.06 bits per heavy atom. The molecule has 250 valence electrons. The van der Waals surface area contributed by atoms with E-state index < -0.39 is 17.6 Å². The van der Waals surface area contributed by atoms with Gasteiger partial charge in [-0.1, -0.05) is 30.6 Å². The lowest BCUT2D eigenvalue weighted by Gasteiger charge is -2.26. The van der Waals surface area contributed by atoms with Gasteiger partial charge in [-0.15, -0.1) is 0 Å². The summed E-state index contributed by atoms with van der Waals surface area (Å²) >= 11 is 0. The SMILES string of the molecule is CC1=CC=C(C(=O)Nc2cc(-n3cnc(C)c3)cc(C(F)(F)F)c2)C(C)C1C#Cc1cnc2c(Nc3cnn(/C=C/N(C)C)c3)cccn12. The molecule has 13 heteroatoms. The maximum absolute atomic E-state index is 13.8. The van der Waals surface area contributed by atoms with Gasteiger partial charge in [-0.05, 0) is 50.1 Å². The molecule has 0 saturated heterocycles. The van der Waals surface area contributed by atoms with E-state index in [0.717, 1.165) is 29.1 Å². The Balaban J connectivity index is 1.21. The third-order valence-electron chi connectivity index (χ3n) is 8.07. The van der Waals surface area contributed by atoms with E-state index in [1.807, 2.05) is 80.2 Å². The summed E-state index contributed by atoms with van der Waals surface area (Å²) in [6.45, 7) is 5.57. The summed E-state index contributed by atoms with van der Waals surface area (Å²) in [6, 6.07) is 7.26. The molecule has 49 heavy (non-hydrogen) atoms. The number of carbonyl (C=O) groups is 1. The number of anilines is 3. The highest BCUT2D eigenvalue weighted by Gasteiger charge is 2.32. The van der Waals surface area contributed by atoms with E-state index in [-0.39, 0.29) is 23.2 Å². The highest BCUT2D eigenvalue weighted by atomic mass is 19.4. The fourth-order valence-electron chi connectivity index (χ4n) is 5.53. The molecule has 0 saturated carbocycles. The molecule has 0 aliphatic heterocycles. The third kappa shape index (κ3) is 7.28. The molecule has 0 fully saturated rings. The lowest BCUT2D eigenvalue weighted by atomic mass is 9.79. The van der Waals surface area contributed by atoms with Gasteiger partial charge in [-0.2, -0.15) is 18.3 Å². The number of aryl methyl sites for hydroxylation is 1. The number of imidazole rings is 2. The number of pyridine rings is 1. The first-order valence-corrected chi connectivity index (χ1v) is 15.4. The maximum Gasteiger partial charge on any atom is 0.416 e. The van der Waals surface area contributed by atoms with Gasteiger partial charge >= 0.3 is 6.18 Å². The van der Waals surface area contributed by atoms with Gasteiger partial charge < -0.3 is 20.1 Å². The number of halogens is 3. The zero-order valence-electron chi connectivity index (χ0n) is 27.5. The van der Waals surface area contributed by atoms with Crippen LogP contribution in [-0.4, -0.2) is 53.6 Å². The number of nitrogens with zero attached hydrogens (tertiary/aromatic N) is 7. The van der Waals surface area contributed by atoms with Gasteiger partial charge in [0.25, 0.3) is 5.91 Å². The molecule has 4 heterocycles. The Morgan fingerprint density at radius 3 is 2.61 bits per heavy atom. The summed E-state index contributed by atoms with van der Waals surface area (Å²) in [6.07, 6.45) is 12.9. The number of hydrogen-bond donors (Lipinski definition) is 2. The highest BCUT2D eigenvalue weighted by molar-refractivity contribution is 6.04. The molecule has 2 atom stereocenters. The average Bonchev–Trinajstić information content (AvgIpc) is 3.80. The number of rotatable bonds is 7. The minimum atomic E-state index is -4.61. The van der Waals surface area contributed by atoms with E-state index in [2.05, 4.69) is 37.5 Å². The van der Waals surface area contributed by atoms with Crippen LogP contribution in [0, 0.1) is 30.6 Å². The molecular formula is C36H34F3N9O. The van der Waals surface area contributed by atoms with Crippen LogP contribution in [0.4, 0.5) is 30.2 Å². The first kappa shape index (κ1) is 32.9.